The number of pyridine rings is 1. The fraction of sp³-hybridized carbons (Fsp3) is 0.613. The van der Waals surface area contributed by atoms with Crippen molar-refractivity contribution in [1.82, 2.24) is 14.8 Å². The van der Waals surface area contributed by atoms with Gasteiger partial charge in [-0.25, -0.2) is 14.1 Å². The van der Waals surface area contributed by atoms with Gasteiger partial charge in [-0.1, -0.05) is 85.2 Å². The third-order valence-electron chi connectivity index (χ3n) is 9.16. The maximum atomic E-state index is 14.5. The summed E-state index contributed by atoms with van der Waals surface area (Å²) in [5.74, 6) is -0.299. The van der Waals surface area contributed by atoms with Gasteiger partial charge >= 0.3 is 17.1 Å². The van der Waals surface area contributed by atoms with E-state index in [-0.39, 0.29) is 45.8 Å². The van der Waals surface area contributed by atoms with Gasteiger partial charge in [-0.05, 0) is 41.2 Å². The van der Waals surface area contributed by atoms with Crippen LogP contribution in [0.15, 0.2) is 36.5 Å². The third kappa shape index (κ3) is 5.77. The number of hydrogen-bond acceptors (Lipinski definition) is 8. The van der Waals surface area contributed by atoms with E-state index in [1.165, 1.54) is 6.07 Å². The monoisotopic (exact) mass is 664 g/mol. The molecule has 5 rings (SSSR count). The fourth-order valence-electron chi connectivity index (χ4n) is 6.77. The highest BCUT2D eigenvalue weighted by Crippen LogP contribution is 2.48. The summed E-state index contributed by atoms with van der Waals surface area (Å²) in [6, 6.07) is 7.97. The second kappa shape index (κ2) is 12.7. The molecule has 44 heavy (non-hydrogen) atoms. The average Bonchev–Trinajstić information content (AvgIpc) is 3.48. The zero-order valence-electron chi connectivity index (χ0n) is 27.0. The highest BCUT2D eigenvalue weighted by molar-refractivity contribution is 6.84. The van der Waals surface area contributed by atoms with Crippen LogP contribution < -0.4 is 5.32 Å². The van der Waals surface area contributed by atoms with Gasteiger partial charge in [0, 0.05) is 5.56 Å². The van der Waals surface area contributed by atoms with E-state index in [1.807, 2.05) is 6.92 Å². The van der Waals surface area contributed by atoms with Gasteiger partial charge in [-0.2, -0.15) is 5.10 Å². The first-order valence-electron chi connectivity index (χ1n) is 15.6. The lowest BCUT2D eigenvalue weighted by Crippen LogP contribution is -2.65. The minimum Gasteiger partial charge on any atom is -0.414 e. The average molecular weight is 665 g/mol. The molecule has 3 aromatic rings. The molecule has 2 saturated heterocycles. The van der Waals surface area contributed by atoms with Crippen LogP contribution in [0.3, 0.4) is 0 Å². The SMILES string of the molecule is CC(C)[Si]1(C(C)C)OC[C@H]2O[C@@H](n3ncc4c(N[C@@H](C)c5ccccc5F)cc(Cl)nc43)[C@@H](O)C2O[Si](C(C)C)(C(C)C)O1. The summed E-state index contributed by atoms with van der Waals surface area (Å²) in [5, 5.41) is 20.7. The van der Waals surface area contributed by atoms with E-state index in [9.17, 15) is 9.50 Å². The molecule has 2 fully saturated rings. The molecule has 1 unspecified atom stereocenters. The normalized spacial score (nSPS) is 25.9. The molecule has 13 heteroatoms. The summed E-state index contributed by atoms with van der Waals surface area (Å²) in [7, 11) is -5.73. The first-order valence-corrected chi connectivity index (χ1v) is 19.9. The van der Waals surface area contributed by atoms with E-state index in [2.05, 4.69) is 70.8 Å². The van der Waals surface area contributed by atoms with Gasteiger partial charge in [0.2, 0.25) is 0 Å². The number of halogens is 2. The Kier molecular flexibility index (Phi) is 9.66. The van der Waals surface area contributed by atoms with E-state index in [1.54, 1.807) is 35.1 Å². The van der Waals surface area contributed by atoms with Crippen molar-refractivity contribution in [3.05, 3.63) is 53.1 Å². The lowest BCUT2D eigenvalue weighted by atomic mass is 10.1. The molecule has 2 aromatic heterocycles. The van der Waals surface area contributed by atoms with Crippen LogP contribution in [-0.2, 0) is 17.7 Å². The lowest BCUT2D eigenvalue weighted by Gasteiger charge is -2.51. The fourth-order valence-corrected chi connectivity index (χ4v) is 18.2. The standard InChI is InChI=1S/C31H46ClFN4O5Si2/c1-17(2)43(18(3)4)39-16-26-29(41-44(42-43,19(5)6)20(7)8)28(38)31(40-26)37-30-23(15-34-37)25(14-27(32)36-30)35-21(9)22-12-10-11-13-24(22)33/h10-15,17-21,26,28-29,31,38H,16H2,1-9H3,(H,35,36)/t21-,26+,28-,29?,31+/m0/s1. The molecule has 0 bridgehead atoms. The van der Waals surface area contributed by atoms with E-state index < -0.39 is 41.7 Å². The number of rotatable bonds is 8. The Bertz CT molecular complexity index is 1460. The zero-order valence-corrected chi connectivity index (χ0v) is 29.8. The van der Waals surface area contributed by atoms with Crippen molar-refractivity contribution in [2.75, 3.05) is 11.9 Å². The number of aliphatic hydroxyl groups is 1. The molecule has 0 radical (unpaired) electrons. The zero-order chi connectivity index (χ0) is 32.1. The highest BCUT2D eigenvalue weighted by atomic mass is 35.5. The number of benzene rings is 1. The Balaban J connectivity index is 1.52. The molecule has 2 aliphatic rings. The smallest absolute Gasteiger partial charge is 0.335 e. The number of nitrogens with zero attached hydrogens (tertiary/aromatic N) is 3. The van der Waals surface area contributed by atoms with Crippen LogP contribution in [0, 0.1) is 5.82 Å². The van der Waals surface area contributed by atoms with Crippen molar-refractivity contribution in [1.29, 1.82) is 0 Å². The molecule has 242 valence electrons. The van der Waals surface area contributed by atoms with Crippen molar-refractivity contribution >= 4 is 45.4 Å². The Morgan fingerprint density at radius 2 is 1.64 bits per heavy atom. The molecule has 2 aliphatic heterocycles. The minimum absolute atomic E-state index is 0.108. The predicted molar refractivity (Wildman–Crippen MR) is 175 cm³/mol. The summed E-state index contributed by atoms with van der Waals surface area (Å²) in [5.41, 5.74) is 2.19. The largest absolute Gasteiger partial charge is 0.414 e. The predicted octanol–water partition coefficient (Wildman–Crippen LogP) is 7.61. The number of nitrogens with one attached hydrogen (secondary N) is 1. The van der Waals surface area contributed by atoms with Crippen LogP contribution in [0.4, 0.5) is 10.1 Å². The molecule has 0 amide bonds. The van der Waals surface area contributed by atoms with Crippen molar-refractivity contribution < 1.29 is 27.2 Å². The number of aromatic nitrogens is 3. The third-order valence-corrected chi connectivity index (χ3v) is 19.6. The Hall–Kier alpha value is -1.91. The highest BCUT2D eigenvalue weighted by Gasteiger charge is 2.61. The van der Waals surface area contributed by atoms with Gasteiger partial charge < -0.3 is 28.1 Å². The number of anilines is 1. The van der Waals surface area contributed by atoms with Gasteiger partial charge in [0.1, 0.15) is 29.3 Å². The van der Waals surface area contributed by atoms with Crippen LogP contribution in [0.2, 0.25) is 27.3 Å². The molecule has 5 atom stereocenters. The van der Waals surface area contributed by atoms with Gasteiger partial charge in [0.25, 0.3) is 0 Å². The Labute approximate surface area is 266 Å². The Morgan fingerprint density at radius 1 is 1.00 bits per heavy atom. The molecule has 0 aliphatic carbocycles. The molecule has 0 spiro atoms. The molecule has 2 N–H and O–H groups in total. The summed E-state index contributed by atoms with van der Waals surface area (Å²) in [6.07, 6.45) is -1.53. The molecular formula is C31H46ClFN4O5Si2. The number of fused-ring (bicyclic) bond motifs is 2. The molecule has 0 saturated carbocycles. The second-order valence-electron chi connectivity index (χ2n) is 13.3. The van der Waals surface area contributed by atoms with Crippen LogP contribution in [0.25, 0.3) is 11.0 Å². The van der Waals surface area contributed by atoms with E-state index >= 15 is 0 Å². The van der Waals surface area contributed by atoms with Crippen LogP contribution in [0.5, 0.6) is 0 Å². The van der Waals surface area contributed by atoms with Crippen LogP contribution in [-0.4, -0.2) is 61.9 Å². The van der Waals surface area contributed by atoms with Crippen molar-refractivity contribution in [3.63, 3.8) is 0 Å². The van der Waals surface area contributed by atoms with Crippen molar-refractivity contribution in [2.24, 2.45) is 0 Å². The lowest BCUT2D eigenvalue weighted by molar-refractivity contribution is -0.0613. The number of ether oxygens (including phenoxy) is 1. The van der Waals surface area contributed by atoms with Gasteiger partial charge in [-0.15, -0.1) is 0 Å². The number of aliphatic hydroxyl groups excluding tert-OH is 1. The maximum absolute atomic E-state index is 14.5. The summed E-state index contributed by atoms with van der Waals surface area (Å²) >= 11 is 6.50. The van der Waals surface area contributed by atoms with Crippen LogP contribution in [0.1, 0.15) is 80.1 Å². The first-order chi connectivity index (χ1) is 20.7. The minimum atomic E-state index is -2.96. The van der Waals surface area contributed by atoms with Crippen molar-refractivity contribution in [2.45, 2.75) is 115 Å². The topological polar surface area (TPSA) is 99.9 Å². The van der Waals surface area contributed by atoms with E-state index in [4.69, 9.17) is 29.3 Å². The van der Waals surface area contributed by atoms with Gasteiger partial charge in [0.15, 0.2) is 11.9 Å². The molecule has 9 nitrogen and oxygen atoms in total. The molecular weight excluding hydrogens is 619 g/mol. The Morgan fingerprint density at radius 3 is 2.25 bits per heavy atom. The molecule has 4 heterocycles. The summed E-state index contributed by atoms with van der Waals surface area (Å²) in [4.78, 5) is 4.56. The van der Waals surface area contributed by atoms with Gasteiger partial charge in [-0.3, -0.25) is 0 Å². The summed E-state index contributed by atoms with van der Waals surface area (Å²) in [6.45, 7) is 19.4. The quantitative estimate of drug-likeness (QED) is 0.188. The van der Waals surface area contributed by atoms with E-state index in [0.29, 0.717) is 22.3 Å². The van der Waals surface area contributed by atoms with Crippen LogP contribution >= 0.6 is 11.6 Å². The number of hydrogen-bond donors (Lipinski definition) is 2. The van der Waals surface area contributed by atoms with Gasteiger partial charge in [0.05, 0.1) is 29.9 Å². The van der Waals surface area contributed by atoms with Crippen molar-refractivity contribution in [3.8, 4) is 0 Å². The first kappa shape index (κ1) is 33.5. The second-order valence-corrected chi connectivity index (χ2v) is 22.6. The molecule has 1 aromatic carbocycles. The van der Waals surface area contributed by atoms with E-state index in [0.717, 1.165) is 0 Å². The summed E-state index contributed by atoms with van der Waals surface area (Å²) < 4.78 is 43.8. The maximum Gasteiger partial charge on any atom is 0.335 e.